The van der Waals surface area contributed by atoms with E-state index >= 15 is 0 Å². The van der Waals surface area contributed by atoms with E-state index in [4.69, 9.17) is 16.3 Å². The van der Waals surface area contributed by atoms with Gasteiger partial charge in [-0.15, -0.1) is 0 Å². The lowest BCUT2D eigenvalue weighted by Crippen LogP contribution is -2.10. The van der Waals surface area contributed by atoms with Gasteiger partial charge in [-0.2, -0.15) is 0 Å². The van der Waals surface area contributed by atoms with Gasteiger partial charge in [0, 0.05) is 11.6 Å². The Balaban J connectivity index is 2.64. The zero-order chi connectivity index (χ0) is 11.0. The zero-order valence-electron chi connectivity index (χ0n) is 7.63. The molecule has 0 saturated carbocycles. The fourth-order valence-corrected chi connectivity index (χ4v) is 2.72. The molecule has 0 unspecified atom stereocenters. The number of ether oxygens (including phenoxy) is 1. The number of nitro benzene ring substituents is 1. The Kier molecular flexibility index (Phi) is 2.84. The van der Waals surface area contributed by atoms with Crippen molar-refractivity contribution in [2.75, 3.05) is 6.61 Å². The number of hydrogen-bond donors (Lipinski definition) is 0. The summed E-state index contributed by atoms with van der Waals surface area (Å²) >= 11 is 9.02. The van der Waals surface area contributed by atoms with Gasteiger partial charge in [-0.3, -0.25) is 10.1 Å². The summed E-state index contributed by atoms with van der Waals surface area (Å²) in [5.74, 6) is 0.642. The average Bonchev–Trinajstić information content (AvgIpc) is 2.17. The summed E-state index contributed by atoms with van der Waals surface area (Å²) in [6.45, 7) is 0.633. The Morgan fingerprint density at radius 3 is 3.00 bits per heavy atom. The molecule has 1 aromatic rings. The van der Waals surface area contributed by atoms with Crippen molar-refractivity contribution in [3.05, 3.63) is 31.2 Å². The highest BCUT2D eigenvalue weighted by Gasteiger charge is 2.25. The SMILES string of the molecule is O=[N+]([O-])c1c(Cl)cc2c(c1Br)CCCO2. The van der Waals surface area contributed by atoms with Gasteiger partial charge in [0.2, 0.25) is 0 Å². The van der Waals surface area contributed by atoms with E-state index in [1.807, 2.05) is 0 Å². The highest BCUT2D eigenvalue weighted by atomic mass is 79.9. The van der Waals surface area contributed by atoms with E-state index in [2.05, 4.69) is 15.9 Å². The molecule has 1 aliphatic rings. The van der Waals surface area contributed by atoms with Crippen LogP contribution in [0, 0.1) is 10.1 Å². The average molecular weight is 293 g/mol. The summed E-state index contributed by atoms with van der Waals surface area (Å²) in [5.41, 5.74) is 0.748. The first-order valence-electron chi connectivity index (χ1n) is 4.39. The first-order valence-corrected chi connectivity index (χ1v) is 5.56. The molecule has 0 saturated heterocycles. The number of nitrogens with zero attached hydrogens (tertiary/aromatic N) is 1. The molecule has 80 valence electrons. The second-order valence-corrected chi connectivity index (χ2v) is 4.41. The van der Waals surface area contributed by atoms with Crippen molar-refractivity contribution in [3.8, 4) is 5.75 Å². The fourth-order valence-electron chi connectivity index (χ4n) is 1.59. The molecule has 2 rings (SSSR count). The lowest BCUT2D eigenvalue weighted by atomic mass is 10.1. The lowest BCUT2D eigenvalue weighted by molar-refractivity contribution is -0.385. The van der Waals surface area contributed by atoms with Gasteiger partial charge < -0.3 is 4.74 Å². The predicted octanol–water partition coefficient (Wildman–Crippen LogP) is 3.34. The number of fused-ring (bicyclic) bond motifs is 1. The first-order chi connectivity index (χ1) is 7.11. The van der Waals surface area contributed by atoms with Crippen molar-refractivity contribution in [1.82, 2.24) is 0 Å². The molecule has 0 bridgehead atoms. The number of halogens is 2. The van der Waals surface area contributed by atoms with Gasteiger partial charge in [0.05, 0.1) is 11.5 Å². The summed E-state index contributed by atoms with van der Waals surface area (Å²) in [6, 6.07) is 1.51. The Morgan fingerprint density at radius 2 is 2.33 bits per heavy atom. The molecule has 0 fully saturated rings. The Hall–Kier alpha value is -0.810. The van der Waals surface area contributed by atoms with Crippen LogP contribution in [0.2, 0.25) is 5.02 Å². The molecule has 0 N–H and O–H groups in total. The molecule has 6 heteroatoms. The molecule has 0 aliphatic carbocycles. The quantitative estimate of drug-likeness (QED) is 0.589. The molecular formula is C9H7BrClNO3. The molecule has 15 heavy (non-hydrogen) atoms. The van der Waals surface area contributed by atoms with E-state index in [-0.39, 0.29) is 10.7 Å². The van der Waals surface area contributed by atoms with Crippen LogP contribution in [-0.4, -0.2) is 11.5 Å². The van der Waals surface area contributed by atoms with Gasteiger partial charge in [-0.05, 0) is 28.8 Å². The van der Waals surface area contributed by atoms with Gasteiger partial charge >= 0.3 is 5.69 Å². The van der Waals surface area contributed by atoms with Crippen LogP contribution >= 0.6 is 27.5 Å². The zero-order valence-corrected chi connectivity index (χ0v) is 9.97. The second-order valence-electron chi connectivity index (χ2n) is 3.21. The molecule has 0 spiro atoms. The Labute approximate surface area is 99.5 Å². The first kappa shape index (κ1) is 10.7. The smallest absolute Gasteiger partial charge is 0.302 e. The molecule has 0 aromatic heterocycles. The van der Waals surface area contributed by atoms with Gasteiger partial charge in [0.25, 0.3) is 0 Å². The third-order valence-electron chi connectivity index (χ3n) is 2.27. The fraction of sp³-hybridized carbons (Fsp3) is 0.333. The van der Waals surface area contributed by atoms with Crippen LogP contribution < -0.4 is 4.74 Å². The van der Waals surface area contributed by atoms with Crippen molar-refractivity contribution in [2.24, 2.45) is 0 Å². The van der Waals surface area contributed by atoms with E-state index in [1.165, 1.54) is 6.07 Å². The number of hydrogen-bond acceptors (Lipinski definition) is 3. The van der Waals surface area contributed by atoms with E-state index in [1.54, 1.807) is 0 Å². The van der Waals surface area contributed by atoms with Crippen LogP contribution in [0.15, 0.2) is 10.5 Å². The largest absolute Gasteiger partial charge is 0.493 e. The maximum atomic E-state index is 10.8. The van der Waals surface area contributed by atoms with Crippen LogP contribution in [-0.2, 0) is 6.42 Å². The number of rotatable bonds is 1. The van der Waals surface area contributed by atoms with Crippen molar-refractivity contribution in [1.29, 1.82) is 0 Å². The normalized spacial score (nSPS) is 14.3. The van der Waals surface area contributed by atoms with Crippen molar-refractivity contribution in [2.45, 2.75) is 12.8 Å². The van der Waals surface area contributed by atoms with E-state index in [0.717, 1.165) is 18.4 Å². The maximum Gasteiger partial charge on any atom is 0.302 e. The maximum absolute atomic E-state index is 10.8. The molecule has 0 atom stereocenters. The molecule has 1 heterocycles. The third-order valence-corrected chi connectivity index (χ3v) is 3.41. The number of benzene rings is 1. The molecule has 0 radical (unpaired) electrons. The molecule has 1 aromatic carbocycles. The summed E-state index contributed by atoms with van der Waals surface area (Å²) in [6.07, 6.45) is 1.64. The van der Waals surface area contributed by atoms with E-state index in [9.17, 15) is 10.1 Å². The topological polar surface area (TPSA) is 52.4 Å². The van der Waals surface area contributed by atoms with Crippen LogP contribution in [0.4, 0.5) is 5.69 Å². The molecule has 0 amide bonds. The predicted molar refractivity (Wildman–Crippen MR) is 59.6 cm³/mol. The molecule has 4 nitrogen and oxygen atoms in total. The van der Waals surface area contributed by atoms with Gasteiger partial charge in [-0.25, -0.2) is 0 Å². The molecule has 1 aliphatic heterocycles. The van der Waals surface area contributed by atoms with Crippen LogP contribution in [0.3, 0.4) is 0 Å². The van der Waals surface area contributed by atoms with E-state index in [0.29, 0.717) is 16.8 Å². The Morgan fingerprint density at radius 1 is 1.60 bits per heavy atom. The standard InChI is InChI=1S/C9H7BrClNO3/c10-8-5-2-1-3-15-7(5)4-6(11)9(8)12(13)14/h4H,1-3H2. The van der Waals surface area contributed by atoms with E-state index < -0.39 is 4.92 Å². The summed E-state index contributed by atoms with van der Waals surface area (Å²) in [7, 11) is 0. The third kappa shape index (κ3) is 1.81. The Bertz CT molecular complexity index is 436. The van der Waals surface area contributed by atoms with Crippen molar-refractivity contribution < 1.29 is 9.66 Å². The minimum Gasteiger partial charge on any atom is -0.493 e. The van der Waals surface area contributed by atoms with Crippen LogP contribution in [0.1, 0.15) is 12.0 Å². The lowest BCUT2D eigenvalue weighted by Gasteiger charge is -2.18. The van der Waals surface area contributed by atoms with Gasteiger partial charge in [-0.1, -0.05) is 11.6 Å². The summed E-state index contributed by atoms with van der Waals surface area (Å²) in [5, 5.41) is 10.9. The van der Waals surface area contributed by atoms with Crippen molar-refractivity contribution >= 4 is 33.2 Å². The van der Waals surface area contributed by atoms with Crippen LogP contribution in [0.25, 0.3) is 0 Å². The highest BCUT2D eigenvalue weighted by Crippen LogP contribution is 2.42. The second kappa shape index (κ2) is 3.98. The summed E-state index contributed by atoms with van der Waals surface area (Å²) in [4.78, 5) is 10.3. The summed E-state index contributed by atoms with van der Waals surface area (Å²) < 4.78 is 5.82. The minimum atomic E-state index is -0.485. The minimum absolute atomic E-state index is 0.0825. The van der Waals surface area contributed by atoms with Gasteiger partial charge in [0.15, 0.2) is 0 Å². The van der Waals surface area contributed by atoms with Crippen molar-refractivity contribution in [3.63, 3.8) is 0 Å². The monoisotopic (exact) mass is 291 g/mol. The highest BCUT2D eigenvalue weighted by molar-refractivity contribution is 9.10. The van der Waals surface area contributed by atoms with Gasteiger partial charge in [0.1, 0.15) is 15.2 Å². The number of nitro groups is 1. The van der Waals surface area contributed by atoms with Crippen LogP contribution in [0.5, 0.6) is 5.75 Å². The molecular weight excluding hydrogens is 285 g/mol.